The summed E-state index contributed by atoms with van der Waals surface area (Å²) in [5.41, 5.74) is 9.20. The van der Waals surface area contributed by atoms with Gasteiger partial charge >= 0.3 is 0 Å². The summed E-state index contributed by atoms with van der Waals surface area (Å²) in [7, 11) is 0. The summed E-state index contributed by atoms with van der Waals surface area (Å²) in [6.45, 7) is 2.14. The summed E-state index contributed by atoms with van der Waals surface area (Å²) in [5.74, 6) is 0. The number of hydrogen-bond donors (Lipinski definition) is 1. The molecule has 1 aliphatic rings. The molecule has 3 aromatic rings. The average Bonchev–Trinajstić information content (AvgIpc) is 3.08. The molecule has 25 heavy (non-hydrogen) atoms. The Bertz CT molecular complexity index is 1010. The highest BCUT2D eigenvalue weighted by Gasteiger charge is 2.09. The molecule has 2 nitrogen and oxygen atoms in total. The molecule has 2 heteroatoms. The number of nitrogens with zero attached hydrogens (tertiary/aromatic N) is 1. The summed E-state index contributed by atoms with van der Waals surface area (Å²) < 4.78 is 0. The molecule has 0 saturated heterocycles. The van der Waals surface area contributed by atoms with Crippen molar-refractivity contribution in [3.05, 3.63) is 95.6 Å². The van der Waals surface area contributed by atoms with Crippen molar-refractivity contribution in [1.29, 1.82) is 0 Å². The van der Waals surface area contributed by atoms with Crippen molar-refractivity contribution in [1.82, 2.24) is 0 Å². The Balaban J connectivity index is 1.55. The Kier molecular flexibility index (Phi) is 4.17. The van der Waals surface area contributed by atoms with Gasteiger partial charge < -0.3 is 0 Å². The third-order valence-electron chi connectivity index (χ3n) is 4.50. The van der Waals surface area contributed by atoms with Gasteiger partial charge in [-0.2, -0.15) is 5.10 Å². The second-order valence-electron chi connectivity index (χ2n) is 6.34. The van der Waals surface area contributed by atoms with E-state index < -0.39 is 0 Å². The van der Waals surface area contributed by atoms with E-state index in [1.165, 1.54) is 27.5 Å². The summed E-state index contributed by atoms with van der Waals surface area (Å²) >= 11 is 0. The molecule has 0 atom stereocenters. The van der Waals surface area contributed by atoms with Crippen LogP contribution >= 0.6 is 0 Å². The summed E-state index contributed by atoms with van der Waals surface area (Å²) in [4.78, 5) is 0. The predicted molar refractivity (Wildman–Crippen MR) is 108 cm³/mol. The Morgan fingerprint density at radius 2 is 1.72 bits per heavy atom. The molecule has 3 aromatic carbocycles. The van der Waals surface area contributed by atoms with Crippen molar-refractivity contribution in [3.63, 3.8) is 0 Å². The topological polar surface area (TPSA) is 24.4 Å². The van der Waals surface area contributed by atoms with Gasteiger partial charge in [-0.3, -0.25) is 5.43 Å². The lowest BCUT2D eigenvalue weighted by atomic mass is 9.99. The molecule has 122 valence electrons. The maximum atomic E-state index is 4.45. The lowest BCUT2D eigenvalue weighted by molar-refractivity contribution is 1.35. The minimum Gasteiger partial charge on any atom is -0.278 e. The van der Waals surface area contributed by atoms with Crippen molar-refractivity contribution >= 4 is 28.2 Å². The van der Waals surface area contributed by atoms with Crippen LogP contribution in [0, 0.1) is 0 Å². The fourth-order valence-corrected chi connectivity index (χ4v) is 3.19. The highest BCUT2D eigenvalue weighted by atomic mass is 15.3. The van der Waals surface area contributed by atoms with E-state index in [2.05, 4.69) is 96.3 Å². The number of allylic oxidation sites excluding steroid dienone is 4. The Labute approximate surface area is 148 Å². The van der Waals surface area contributed by atoms with Gasteiger partial charge in [-0.15, -0.1) is 0 Å². The van der Waals surface area contributed by atoms with Gasteiger partial charge in [0, 0.05) is 5.56 Å². The van der Waals surface area contributed by atoms with E-state index in [1.807, 2.05) is 6.21 Å². The van der Waals surface area contributed by atoms with Gasteiger partial charge in [0.15, 0.2) is 0 Å². The number of benzene rings is 3. The van der Waals surface area contributed by atoms with Crippen LogP contribution in [0.2, 0.25) is 0 Å². The molecular formula is C23H20N2. The van der Waals surface area contributed by atoms with Crippen molar-refractivity contribution in [3.8, 4) is 0 Å². The maximum absolute atomic E-state index is 4.45. The smallest absolute Gasteiger partial charge is 0.0568 e. The minimum absolute atomic E-state index is 0.991. The van der Waals surface area contributed by atoms with Crippen LogP contribution in [0.5, 0.6) is 0 Å². The first-order valence-electron chi connectivity index (χ1n) is 8.54. The van der Waals surface area contributed by atoms with Gasteiger partial charge in [0.25, 0.3) is 0 Å². The zero-order chi connectivity index (χ0) is 17.1. The normalized spacial score (nSPS) is 14.0. The van der Waals surface area contributed by atoms with E-state index in [1.54, 1.807) is 0 Å². The van der Waals surface area contributed by atoms with Gasteiger partial charge in [-0.25, -0.2) is 0 Å². The molecule has 0 heterocycles. The van der Waals surface area contributed by atoms with Crippen LogP contribution in [0.1, 0.15) is 24.5 Å². The number of hydrogen-bond acceptors (Lipinski definition) is 2. The second-order valence-corrected chi connectivity index (χ2v) is 6.34. The summed E-state index contributed by atoms with van der Waals surface area (Å²) in [6, 6.07) is 23.0. The van der Waals surface area contributed by atoms with Gasteiger partial charge in [-0.1, -0.05) is 72.3 Å². The lowest BCUT2D eigenvalue weighted by Crippen LogP contribution is -1.94. The van der Waals surface area contributed by atoms with E-state index >= 15 is 0 Å². The van der Waals surface area contributed by atoms with E-state index in [0.29, 0.717) is 0 Å². The number of rotatable bonds is 4. The van der Waals surface area contributed by atoms with Crippen LogP contribution in [0.15, 0.2) is 89.6 Å². The van der Waals surface area contributed by atoms with Gasteiger partial charge in [0.05, 0.1) is 11.9 Å². The van der Waals surface area contributed by atoms with Crippen LogP contribution in [0.4, 0.5) is 5.69 Å². The van der Waals surface area contributed by atoms with Gasteiger partial charge in [0.2, 0.25) is 0 Å². The molecule has 0 aliphatic heterocycles. The number of hydrazone groups is 1. The highest BCUT2D eigenvalue weighted by molar-refractivity contribution is 5.90. The minimum atomic E-state index is 0.991. The fourth-order valence-electron chi connectivity index (χ4n) is 3.19. The van der Waals surface area contributed by atoms with E-state index in [9.17, 15) is 0 Å². The standard InChI is InChI=1S/C23H20N2/c1-17-10-11-20(14-17)23-9-5-4-8-21(23)16-24-25-22-13-12-18-6-2-3-7-19(18)15-22/h2-10,12-16,25H,11H2,1H3. The van der Waals surface area contributed by atoms with Crippen LogP contribution < -0.4 is 5.43 Å². The first-order valence-corrected chi connectivity index (χ1v) is 8.54. The van der Waals surface area contributed by atoms with Crippen molar-refractivity contribution in [2.24, 2.45) is 5.10 Å². The first-order chi connectivity index (χ1) is 12.3. The number of anilines is 1. The SMILES string of the molecule is CC1=CCC(c2ccccc2C=NNc2ccc3ccccc3c2)=C1. The van der Waals surface area contributed by atoms with Crippen LogP contribution in [0.3, 0.4) is 0 Å². The first kappa shape index (κ1) is 15.4. The van der Waals surface area contributed by atoms with Crippen molar-refractivity contribution < 1.29 is 0 Å². The molecule has 0 saturated carbocycles. The van der Waals surface area contributed by atoms with E-state index in [0.717, 1.165) is 17.7 Å². The molecular weight excluding hydrogens is 304 g/mol. The molecule has 1 N–H and O–H groups in total. The average molecular weight is 324 g/mol. The second kappa shape index (κ2) is 6.78. The third kappa shape index (κ3) is 3.38. The molecule has 0 amide bonds. The van der Waals surface area contributed by atoms with Crippen LogP contribution in [0.25, 0.3) is 16.3 Å². The Morgan fingerprint density at radius 3 is 2.56 bits per heavy atom. The molecule has 4 rings (SSSR count). The molecule has 0 fully saturated rings. The summed E-state index contributed by atoms with van der Waals surface area (Å²) in [6.07, 6.45) is 7.41. The predicted octanol–water partition coefficient (Wildman–Crippen LogP) is 6.02. The molecule has 0 bridgehead atoms. The largest absolute Gasteiger partial charge is 0.278 e. The number of nitrogens with one attached hydrogen (secondary N) is 1. The van der Waals surface area contributed by atoms with E-state index in [4.69, 9.17) is 0 Å². The fraction of sp³-hybridized carbons (Fsp3) is 0.0870. The summed E-state index contributed by atoms with van der Waals surface area (Å²) in [5, 5.41) is 6.89. The van der Waals surface area contributed by atoms with Gasteiger partial charge in [0.1, 0.15) is 0 Å². The third-order valence-corrected chi connectivity index (χ3v) is 4.50. The molecule has 0 unspecified atom stereocenters. The molecule has 0 aromatic heterocycles. The van der Waals surface area contributed by atoms with Gasteiger partial charge in [-0.05, 0) is 47.4 Å². The molecule has 1 aliphatic carbocycles. The van der Waals surface area contributed by atoms with Crippen LogP contribution in [-0.2, 0) is 0 Å². The van der Waals surface area contributed by atoms with Crippen molar-refractivity contribution in [2.45, 2.75) is 13.3 Å². The highest BCUT2D eigenvalue weighted by Crippen LogP contribution is 2.28. The molecule has 0 radical (unpaired) electrons. The van der Waals surface area contributed by atoms with Crippen LogP contribution in [-0.4, -0.2) is 6.21 Å². The Morgan fingerprint density at radius 1 is 0.920 bits per heavy atom. The monoisotopic (exact) mass is 324 g/mol. The lowest BCUT2D eigenvalue weighted by Gasteiger charge is -2.07. The zero-order valence-corrected chi connectivity index (χ0v) is 14.2. The number of fused-ring (bicyclic) bond motifs is 1. The molecule has 0 spiro atoms. The van der Waals surface area contributed by atoms with E-state index in [-0.39, 0.29) is 0 Å². The Hall–Kier alpha value is -3.13. The van der Waals surface area contributed by atoms with Crippen molar-refractivity contribution in [2.75, 3.05) is 5.43 Å². The maximum Gasteiger partial charge on any atom is 0.0568 e. The quantitative estimate of drug-likeness (QED) is 0.460. The zero-order valence-electron chi connectivity index (χ0n) is 14.2.